The number of sulfone groups is 1. The number of furan rings is 1. The lowest BCUT2D eigenvalue weighted by Gasteiger charge is -2.23. The smallest absolute Gasteiger partial charge is 0.296 e. The van der Waals surface area contributed by atoms with Crippen LogP contribution in [0.2, 0.25) is 0 Å². The van der Waals surface area contributed by atoms with Crippen LogP contribution in [0.5, 0.6) is 0 Å². The van der Waals surface area contributed by atoms with Gasteiger partial charge in [-0.2, -0.15) is 8.42 Å². The van der Waals surface area contributed by atoms with Crippen molar-refractivity contribution in [1.29, 1.82) is 0 Å². The van der Waals surface area contributed by atoms with Gasteiger partial charge in [-0.3, -0.25) is 4.55 Å². The minimum atomic E-state index is -4.90. The van der Waals surface area contributed by atoms with Gasteiger partial charge in [0.1, 0.15) is 15.6 Å². The molecule has 0 radical (unpaired) electrons. The predicted molar refractivity (Wildman–Crippen MR) is 108 cm³/mol. The normalized spacial score (nSPS) is 16.5. The van der Waals surface area contributed by atoms with Gasteiger partial charge in [0, 0.05) is 0 Å². The maximum Gasteiger partial charge on any atom is 0.296 e. The molecular formula is C17H22N2O8S3. The summed E-state index contributed by atoms with van der Waals surface area (Å²) in [5.41, 5.74) is -0.282. The molecule has 0 aliphatic heterocycles. The van der Waals surface area contributed by atoms with Crippen molar-refractivity contribution in [3.8, 4) is 0 Å². The molecule has 2 aromatic rings. The summed E-state index contributed by atoms with van der Waals surface area (Å²) in [6.45, 7) is -0.0346. The van der Waals surface area contributed by atoms with Crippen molar-refractivity contribution in [3.63, 3.8) is 0 Å². The maximum absolute atomic E-state index is 13.2. The number of anilines is 1. The van der Waals surface area contributed by atoms with E-state index in [4.69, 9.17) is 9.56 Å². The first-order valence-electron chi connectivity index (χ1n) is 9.09. The first-order chi connectivity index (χ1) is 13.9. The molecule has 0 amide bonds. The van der Waals surface area contributed by atoms with Crippen LogP contribution in [0.25, 0.3) is 0 Å². The van der Waals surface area contributed by atoms with E-state index in [2.05, 4.69) is 5.32 Å². The van der Waals surface area contributed by atoms with Crippen molar-refractivity contribution in [3.05, 3.63) is 36.3 Å². The Balaban J connectivity index is 2.20. The molecule has 10 nitrogen and oxygen atoms in total. The second kappa shape index (κ2) is 8.30. The third-order valence-electron chi connectivity index (χ3n) is 4.96. The first kappa shape index (κ1) is 22.7. The molecule has 1 fully saturated rings. The van der Waals surface area contributed by atoms with Gasteiger partial charge in [-0.25, -0.2) is 22.0 Å². The maximum atomic E-state index is 13.2. The van der Waals surface area contributed by atoms with Crippen molar-refractivity contribution in [2.24, 2.45) is 5.14 Å². The van der Waals surface area contributed by atoms with E-state index < -0.39 is 49.9 Å². The Kier molecular flexibility index (Phi) is 6.30. The van der Waals surface area contributed by atoms with Gasteiger partial charge in [-0.1, -0.05) is 19.3 Å². The Labute approximate surface area is 175 Å². The van der Waals surface area contributed by atoms with Crippen molar-refractivity contribution in [2.45, 2.75) is 58.6 Å². The highest BCUT2D eigenvalue weighted by atomic mass is 32.2. The lowest BCUT2D eigenvalue weighted by Crippen LogP contribution is -2.27. The fraction of sp³-hybridized carbons (Fsp3) is 0.412. The van der Waals surface area contributed by atoms with Gasteiger partial charge in [-0.05, 0) is 37.1 Å². The second-order valence-electron chi connectivity index (χ2n) is 7.05. The largest absolute Gasteiger partial charge is 0.467 e. The molecule has 4 N–H and O–H groups in total. The summed E-state index contributed by atoms with van der Waals surface area (Å²) in [6, 6.07) is 4.67. The van der Waals surface area contributed by atoms with Crippen LogP contribution >= 0.6 is 0 Å². The number of nitrogens with two attached hydrogens (primary N) is 1. The molecule has 0 spiro atoms. The highest BCUT2D eigenvalue weighted by Crippen LogP contribution is 2.36. The molecule has 30 heavy (non-hydrogen) atoms. The van der Waals surface area contributed by atoms with Crippen LogP contribution in [0.3, 0.4) is 0 Å². The first-order valence-corrected chi connectivity index (χ1v) is 13.6. The zero-order valence-corrected chi connectivity index (χ0v) is 18.3. The fourth-order valence-electron chi connectivity index (χ4n) is 3.49. The molecule has 1 aliphatic rings. The fourth-order valence-corrected chi connectivity index (χ4v) is 7.49. The van der Waals surface area contributed by atoms with Crippen molar-refractivity contribution < 1.29 is 34.2 Å². The average Bonchev–Trinajstić information content (AvgIpc) is 3.18. The molecule has 0 atom stereocenters. The molecule has 1 aromatic carbocycles. The Morgan fingerprint density at radius 1 is 1.00 bits per heavy atom. The van der Waals surface area contributed by atoms with Gasteiger partial charge in [0.2, 0.25) is 10.0 Å². The molecule has 1 aliphatic carbocycles. The summed E-state index contributed by atoms with van der Waals surface area (Å²) in [5, 5.41) is 7.07. The van der Waals surface area contributed by atoms with E-state index in [0.717, 1.165) is 12.5 Å². The van der Waals surface area contributed by atoms with Crippen LogP contribution in [0.1, 0.15) is 37.9 Å². The van der Waals surface area contributed by atoms with Gasteiger partial charge in [0.05, 0.1) is 28.6 Å². The average molecular weight is 479 g/mol. The Morgan fingerprint density at radius 2 is 1.67 bits per heavy atom. The minimum absolute atomic E-state index is 0.0346. The van der Waals surface area contributed by atoms with Crippen LogP contribution < -0.4 is 10.5 Å². The van der Waals surface area contributed by atoms with E-state index in [-0.39, 0.29) is 12.2 Å². The van der Waals surface area contributed by atoms with E-state index >= 15 is 0 Å². The van der Waals surface area contributed by atoms with Crippen molar-refractivity contribution in [2.75, 3.05) is 5.32 Å². The quantitative estimate of drug-likeness (QED) is 0.502. The van der Waals surface area contributed by atoms with Crippen molar-refractivity contribution in [1.82, 2.24) is 0 Å². The summed E-state index contributed by atoms with van der Waals surface area (Å²) >= 11 is 0. The van der Waals surface area contributed by atoms with Gasteiger partial charge in [0.25, 0.3) is 10.1 Å². The van der Waals surface area contributed by atoms with E-state index in [1.165, 1.54) is 6.26 Å². The molecule has 1 saturated carbocycles. The van der Waals surface area contributed by atoms with Crippen LogP contribution in [0, 0.1) is 0 Å². The summed E-state index contributed by atoms with van der Waals surface area (Å²) in [6.07, 6.45) is 4.36. The lowest BCUT2D eigenvalue weighted by atomic mass is 10.0. The van der Waals surface area contributed by atoms with Crippen LogP contribution in [0.15, 0.2) is 49.6 Å². The van der Waals surface area contributed by atoms with Gasteiger partial charge < -0.3 is 9.73 Å². The third-order valence-corrected chi connectivity index (χ3v) is 9.23. The van der Waals surface area contributed by atoms with Gasteiger partial charge in [-0.15, -0.1) is 0 Å². The second-order valence-corrected chi connectivity index (χ2v) is 12.2. The van der Waals surface area contributed by atoms with E-state index in [9.17, 15) is 29.8 Å². The lowest BCUT2D eigenvalue weighted by molar-refractivity contribution is 0.479. The molecule has 0 unspecified atom stereocenters. The molecule has 13 heteroatoms. The van der Waals surface area contributed by atoms with Crippen LogP contribution in [-0.4, -0.2) is 35.1 Å². The van der Waals surface area contributed by atoms with Gasteiger partial charge in [0.15, 0.2) is 9.84 Å². The highest BCUT2D eigenvalue weighted by molar-refractivity contribution is 7.94. The number of sulfonamides is 1. The standard InChI is InChI=1S/C17H22N2O8S3/c18-29(22,23)17-10-15(30(24,25)26)14(19-11-12-5-4-8-27-12)9-16(17)28(20,21)13-6-2-1-3-7-13/h4-5,8-10,13,19H,1-3,6-7,11H2,(H2,18,22,23)(H,24,25,26). The molecule has 1 heterocycles. The highest BCUT2D eigenvalue weighted by Gasteiger charge is 2.35. The summed E-state index contributed by atoms with van der Waals surface area (Å²) in [7, 11) is -13.6. The summed E-state index contributed by atoms with van der Waals surface area (Å²) < 4.78 is 89.1. The molecule has 3 rings (SSSR count). The van der Waals surface area contributed by atoms with E-state index in [1.54, 1.807) is 12.1 Å². The number of hydrogen-bond acceptors (Lipinski definition) is 8. The summed E-state index contributed by atoms with van der Waals surface area (Å²) in [4.78, 5) is -2.27. The molecule has 0 bridgehead atoms. The third kappa shape index (κ3) is 4.86. The zero-order chi connectivity index (χ0) is 22.2. The van der Waals surface area contributed by atoms with Crippen LogP contribution in [0.4, 0.5) is 5.69 Å². The van der Waals surface area contributed by atoms with Crippen molar-refractivity contribution >= 4 is 35.7 Å². The monoisotopic (exact) mass is 478 g/mol. The number of nitrogens with one attached hydrogen (secondary N) is 1. The minimum Gasteiger partial charge on any atom is -0.467 e. The molecule has 166 valence electrons. The Morgan fingerprint density at radius 3 is 2.20 bits per heavy atom. The predicted octanol–water partition coefficient (Wildman–Crippen LogP) is 1.89. The van der Waals surface area contributed by atoms with E-state index in [0.29, 0.717) is 37.5 Å². The number of hydrogen-bond donors (Lipinski definition) is 3. The topological polar surface area (TPSA) is 174 Å². The Hall–Kier alpha value is -1.93. The number of rotatable bonds is 7. The van der Waals surface area contributed by atoms with Crippen LogP contribution in [-0.2, 0) is 36.5 Å². The van der Waals surface area contributed by atoms with E-state index in [1.807, 2.05) is 0 Å². The zero-order valence-electron chi connectivity index (χ0n) is 15.8. The number of benzene rings is 1. The van der Waals surface area contributed by atoms with Gasteiger partial charge >= 0.3 is 0 Å². The SMILES string of the molecule is NS(=O)(=O)c1cc(S(=O)(=O)O)c(NCc2ccco2)cc1S(=O)(=O)C1CCCCC1. The molecule has 0 saturated heterocycles. The summed E-state index contributed by atoms with van der Waals surface area (Å²) in [5.74, 6) is 0.406. The number of primary sulfonamides is 1. The Bertz CT molecular complexity index is 1230. The molecular weight excluding hydrogens is 456 g/mol. The molecule has 1 aromatic heterocycles.